The van der Waals surface area contributed by atoms with Gasteiger partial charge in [0.25, 0.3) is 0 Å². The standard InChI is InChI=1S/C15H21N3O3/c1-2-17-14(19)12-10-21-9-8-18(12)15(20)13(16)11-6-4-3-5-7-11/h3-7,12-13H,2,8-10,16H2,1H3,(H,17,19). The normalized spacial score (nSPS) is 19.9. The first-order chi connectivity index (χ1) is 10.1. The molecule has 1 fully saturated rings. The molecule has 2 unspecified atom stereocenters. The van der Waals surface area contributed by atoms with Crippen LogP contribution in [0.1, 0.15) is 18.5 Å². The number of amides is 2. The number of carbonyl (C=O) groups is 2. The molecule has 0 spiro atoms. The molecule has 114 valence electrons. The van der Waals surface area contributed by atoms with Crippen molar-refractivity contribution in [2.24, 2.45) is 5.73 Å². The average Bonchev–Trinajstić information content (AvgIpc) is 2.54. The van der Waals surface area contributed by atoms with E-state index in [4.69, 9.17) is 10.5 Å². The van der Waals surface area contributed by atoms with Crippen LogP contribution in [-0.2, 0) is 14.3 Å². The van der Waals surface area contributed by atoms with Crippen molar-refractivity contribution in [2.45, 2.75) is 19.0 Å². The molecule has 2 amide bonds. The van der Waals surface area contributed by atoms with Gasteiger partial charge in [0.2, 0.25) is 11.8 Å². The van der Waals surface area contributed by atoms with Crippen molar-refractivity contribution >= 4 is 11.8 Å². The number of rotatable bonds is 4. The average molecular weight is 291 g/mol. The highest BCUT2D eigenvalue weighted by atomic mass is 16.5. The van der Waals surface area contributed by atoms with Crippen LogP contribution in [0.4, 0.5) is 0 Å². The lowest BCUT2D eigenvalue weighted by Gasteiger charge is -2.36. The molecule has 6 nitrogen and oxygen atoms in total. The Bertz CT molecular complexity index is 492. The molecule has 0 radical (unpaired) electrons. The Morgan fingerprint density at radius 1 is 1.43 bits per heavy atom. The predicted molar refractivity (Wildman–Crippen MR) is 78.4 cm³/mol. The van der Waals surface area contributed by atoms with E-state index in [0.717, 1.165) is 5.56 Å². The summed E-state index contributed by atoms with van der Waals surface area (Å²) < 4.78 is 5.32. The third-order valence-corrected chi connectivity index (χ3v) is 3.49. The van der Waals surface area contributed by atoms with E-state index in [0.29, 0.717) is 19.7 Å². The number of nitrogens with one attached hydrogen (secondary N) is 1. The van der Waals surface area contributed by atoms with Gasteiger partial charge in [-0.25, -0.2) is 0 Å². The van der Waals surface area contributed by atoms with Gasteiger partial charge in [-0.15, -0.1) is 0 Å². The molecular weight excluding hydrogens is 270 g/mol. The molecule has 1 saturated heterocycles. The zero-order valence-corrected chi connectivity index (χ0v) is 12.1. The van der Waals surface area contributed by atoms with E-state index in [1.54, 1.807) is 0 Å². The van der Waals surface area contributed by atoms with Crippen LogP contribution in [0.15, 0.2) is 30.3 Å². The van der Waals surface area contributed by atoms with Gasteiger partial charge in [0.15, 0.2) is 0 Å². The zero-order valence-electron chi connectivity index (χ0n) is 12.1. The molecule has 1 aliphatic heterocycles. The number of carbonyl (C=O) groups excluding carboxylic acids is 2. The maximum atomic E-state index is 12.6. The summed E-state index contributed by atoms with van der Waals surface area (Å²) in [6.07, 6.45) is 0. The Balaban J connectivity index is 2.13. The van der Waals surface area contributed by atoms with Gasteiger partial charge in [0, 0.05) is 13.1 Å². The van der Waals surface area contributed by atoms with Gasteiger partial charge in [-0.1, -0.05) is 30.3 Å². The molecular formula is C15H21N3O3. The second-order valence-corrected chi connectivity index (χ2v) is 4.91. The van der Waals surface area contributed by atoms with Gasteiger partial charge in [-0.2, -0.15) is 0 Å². The van der Waals surface area contributed by atoms with E-state index in [1.807, 2.05) is 37.3 Å². The van der Waals surface area contributed by atoms with Crippen LogP contribution in [0.3, 0.4) is 0 Å². The minimum absolute atomic E-state index is 0.203. The Kier molecular flexibility index (Phi) is 5.30. The summed E-state index contributed by atoms with van der Waals surface area (Å²) in [5.41, 5.74) is 6.78. The van der Waals surface area contributed by atoms with Crippen LogP contribution in [0.25, 0.3) is 0 Å². The Hall–Kier alpha value is -1.92. The molecule has 0 bridgehead atoms. The van der Waals surface area contributed by atoms with Crippen molar-refractivity contribution in [3.8, 4) is 0 Å². The largest absolute Gasteiger partial charge is 0.377 e. The monoisotopic (exact) mass is 291 g/mol. The van der Waals surface area contributed by atoms with E-state index in [1.165, 1.54) is 4.90 Å². The fraction of sp³-hybridized carbons (Fsp3) is 0.467. The summed E-state index contributed by atoms with van der Waals surface area (Å²) in [5.74, 6) is -0.452. The number of nitrogens with zero attached hydrogens (tertiary/aromatic N) is 1. The Labute approximate surface area is 124 Å². The molecule has 1 aromatic rings. The van der Waals surface area contributed by atoms with E-state index in [9.17, 15) is 9.59 Å². The first-order valence-corrected chi connectivity index (χ1v) is 7.11. The molecule has 2 rings (SSSR count). The lowest BCUT2D eigenvalue weighted by atomic mass is 10.0. The van der Waals surface area contributed by atoms with Gasteiger partial charge >= 0.3 is 0 Å². The van der Waals surface area contributed by atoms with Crippen LogP contribution in [0.2, 0.25) is 0 Å². The van der Waals surface area contributed by atoms with Gasteiger partial charge in [0.1, 0.15) is 12.1 Å². The summed E-state index contributed by atoms with van der Waals surface area (Å²) in [4.78, 5) is 26.1. The maximum absolute atomic E-state index is 12.6. The number of likely N-dealkylation sites (N-methyl/N-ethyl adjacent to an activating group) is 1. The van der Waals surface area contributed by atoms with Crippen LogP contribution >= 0.6 is 0 Å². The van der Waals surface area contributed by atoms with Crippen molar-refractivity contribution in [3.05, 3.63) is 35.9 Å². The third-order valence-electron chi connectivity index (χ3n) is 3.49. The first kappa shape index (κ1) is 15.5. The van der Waals surface area contributed by atoms with Crippen molar-refractivity contribution in [1.29, 1.82) is 0 Å². The van der Waals surface area contributed by atoms with Crippen LogP contribution in [0, 0.1) is 0 Å². The number of benzene rings is 1. The molecule has 0 aromatic heterocycles. The van der Waals surface area contributed by atoms with Crippen LogP contribution in [0.5, 0.6) is 0 Å². The fourth-order valence-electron chi connectivity index (χ4n) is 2.36. The first-order valence-electron chi connectivity index (χ1n) is 7.11. The van der Waals surface area contributed by atoms with E-state index < -0.39 is 12.1 Å². The van der Waals surface area contributed by atoms with Gasteiger partial charge < -0.3 is 20.7 Å². The smallest absolute Gasteiger partial charge is 0.245 e. The molecule has 0 saturated carbocycles. The Morgan fingerprint density at radius 2 is 2.14 bits per heavy atom. The summed E-state index contributed by atoms with van der Waals surface area (Å²) in [6.45, 7) is 3.36. The van der Waals surface area contributed by atoms with Crippen LogP contribution < -0.4 is 11.1 Å². The number of ether oxygens (including phenoxy) is 1. The lowest BCUT2D eigenvalue weighted by molar-refractivity contribution is -0.149. The van der Waals surface area contributed by atoms with Crippen molar-refractivity contribution in [3.63, 3.8) is 0 Å². The van der Waals surface area contributed by atoms with Crippen molar-refractivity contribution in [1.82, 2.24) is 10.2 Å². The highest BCUT2D eigenvalue weighted by molar-refractivity contribution is 5.90. The predicted octanol–water partition coefficient (Wildman–Crippen LogP) is 0.0499. The molecule has 3 N–H and O–H groups in total. The summed E-state index contributed by atoms with van der Waals surface area (Å²) in [7, 11) is 0. The SMILES string of the molecule is CCNC(=O)C1COCCN1C(=O)C(N)c1ccccc1. The second kappa shape index (κ2) is 7.19. The molecule has 0 aliphatic carbocycles. The summed E-state index contributed by atoms with van der Waals surface area (Å²) in [6, 6.07) is 7.79. The van der Waals surface area contributed by atoms with Gasteiger partial charge in [0.05, 0.1) is 13.2 Å². The highest BCUT2D eigenvalue weighted by Gasteiger charge is 2.35. The highest BCUT2D eigenvalue weighted by Crippen LogP contribution is 2.17. The minimum atomic E-state index is -0.763. The topological polar surface area (TPSA) is 84.7 Å². The number of hydrogen-bond donors (Lipinski definition) is 2. The lowest BCUT2D eigenvalue weighted by Crippen LogP contribution is -2.57. The van der Waals surface area contributed by atoms with Crippen molar-refractivity contribution in [2.75, 3.05) is 26.3 Å². The van der Waals surface area contributed by atoms with Gasteiger partial charge in [-0.05, 0) is 12.5 Å². The number of morpholine rings is 1. The summed E-state index contributed by atoms with van der Waals surface area (Å²) in [5, 5.41) is 2.73. The van der Waals surface area contributed by atoms with E-state index >= 15 is 0 Å². The fourth-order valence-corrected chi connectivity index (χ4v) is 2.36. The molecule has 1 heterocycles. The third kappa shape index (κ3) is 3.59. The van der Waals surface area contributed by atoms with E-state index in [-0.39, 0.29) is 18.4 Å². The van der Waals surface area contributed by atoms with Gasteiger partial charge in [-0.3, -0.25) is 9.59 Å². The van der Waals surface area contributed by atoms with E-state index in [2.05, 4.69) is 5.32 Å². The number of nitrogens with two attached hydrogens (primary N) is 1. The zero-order chi connectivity index (χ0) is 15.2. The number of hydrogen-bond acceptors (Lipinski definition) is 4. The molecule has 2 atom stereocenters. The quantitative estimate of drug-likeness (QED) is 0.821. The maximum Gasteiger partial charge on any atom is 0.245 e. The van der Waals surface area contributed by atoms with Crippen molar-refractivity contribution < 1.29 is 14.3 Å². The summed E-state index contributed by atoms with van der Waals surface area (Å²) >= 11 is 0. The second-order valence-electron chi connectivity index (χ2n) is 4.91. The minimum Gasteiger partial charge on any atom is -0.377 e. The molecule has 6 heteroatoms. The molecule has 1 aromatic carbocycles. The molecule has 21 heavy (non-hydrogen) atoms. The molecule has 1 aliphatic rings. The Morgan fingerprint density at radius 3 is 2.81 bits per heavy atom. The van der Waals surface area contributed by atoms with Crippen LogP contribution in [-0.4, -0.2) is 49.1 Å².